The molecule has 4 nitrogen and oxygen atoms in total. The van der Waals surface area contributed by atoms with Crippen LogP contribution in [-0.4, -0.2) is 52.0 Å². The van der Waals surface area contributed by atoms with E-state index in [0.717, 1.165) is 51.4 Å². The van der Waals surface area contributed by atoms with Crippen molar-refractivity contribution >= 4 is 5.69 Å². The van der Waals surface area contributed by atoms with Gasteiger partial charge in [0.2, 0.25) is 0 Å². The molecule has 0 atom stereocenters. The number of nitrogen functional groups attached to an aromatic ring is 1. The first-order valence-electron chi connectivity index (χ1n) is 6.81. The highest BCUT2D eigenvalue weighted by atomic mass is 16.5. The average molecular weight is 266 g/mol. The zero-order valence-electron chi connectivity index (χ0n) is 12.1. The topological polar surface area (TPSA) is 47.7 Å². The van der Waals surface area contributed by atoms with E-state index < -0.39 is 0 Å². The normalized spacial score (nSPS) is 11.1. The molecule has 2 N–H and O–H groups in total. The van der Waals surface area contributed by atoms with Crippen LogP contribution in [0.25, 0.3) is 0 Å². The molecule has 1 aromatic carbocycles. The Morgan fingerprint density at radius 1 is 1.05 bits per heavy atom. The largest absolute Gasteiger partial charge is 0.399 e. The van der Waals surface area contributed by atoms with Crippen molar-refractivity contribution in [2.45, 2.75) is 12.8 Å². The third-order valence-electron chi connectivity index (χ3n) is 3.10. The summed E-state index contributed by atoms with van der Waals surface area (Å²) in [4.78, 5) is 2.41. The highest BCUT2D eigenvalue weighted by molar-refractivity contribution is 5.40. The van der Waals surface area contributed by atoms with Gasteiger partial charge in [0.15, 0.2) is 0 Å². The van der Waals surface area contributed by atoms with Gasteiger partial charge in [0.05, 0.1) is 6.61 Å². The average Bonchev–Trinajstić information content (AvgIpc) is 2.41. The van der Waals surface area contributed by atoms with Crippen LogP contribution in [0, 0.1) is 0 Å². The lowest BCUT2D eigenvalue weighted by molar-refractivity contribution is 0.133. The number of hydrogen-bond donors (Lipinski definition) is 1. The molecular weight excluding hydrogens is 240 g/mol. The van der Waals surface area contributed by atoms with Crippen molar-refractivity contribution < 1.29 is 9.47 Å². The molecular formula is C15H26N2O2. The lowest BCUT2D eigenvalue weighted by Crippen LogP contribution is -2.31. The first-order chi connectivity index (χ1) is 9.26. The minimum atomic E-state index is 0.768. The predicted octanol–water partition coefficient (Wildman–Crippen LogP) is 1.80. The Balaban J connectivity index is 2.37. The monoisotopic (exact) mass is 266 g/mol. The number of rotatable bonds is 10. The first kappa shape index (κ1) is 16.0. The molecule has 0 spiro atoms. The van der Waals surface area contributed by atoms with Gasteiger partial charge in [-0.2, -0.15) is 0 Å². The van der Waals surface area contributed by atoms with E-state index in [-0.39, 0.29) is 0 Å². The van der Waals surface area contributed by atoms with Gasteiger partial charge in [-0.3, -0.25) is 0 Å². The van der Waals surface area contributed by atoms with Crippen molar-refractivity contribution in [3.8, 4) is 0 Å². The van der Waals surface area contributed by atoms with Crippen LogP contribution in [-0.2, 0) is 15.9 Å². The molecule has 0 bridgehead atoms. The second-order valence-electron chi connectivity index (χ2n) is 4.68. The molecule has 108 valence electrons. The molecule has 0 radical (unpaired) electrons. The maximum absolute atomic E-state index is 5.79. The summed E-state index contributed by atoms with van der Waals surface area (Å²) in [5.41, 5.74) is 7.91. The van der Waals surface area contributed by atoms with Crippen molar-refractivity contribution in [3.63, 3.8) is 0 Å². The molecule has 0 aliphatic carbocycles. The Morgan fingerprint density at radius 3 is 2.53 bits per heavy atom. The van der Waals surface area contributed by atoms with Crippen LogP contribution in [0.4, 0.5) is 5.69 Å². The standard InChI is InChI=1S/C15H26N2O2/c1-18-11-4-8-17(10-12-19-2)9-7-14-5-3-6-15(16)13-14/h3,5-6,13H,4,7-12,16H2,1-2H3. The van der Waals surface area contributed by atoms with E-state index in [1.54, 1.807) is 14.2 Å². The van der Waals surface area contributed by atoms with Crippen LogP contribution in [0.3, 0.4) is 0 Å². The van der Waals surface area contributed by atoms with Crippen molar-refractivity contribution in [2.75, 3.05) is 52.8 Å². The fraction of sp³-hybridized carbons (Fsp3) is 0.600. The Kier molecular flexibility index (Phi) is 8.21. The quantitative estimate of drug-likeness (QED) is 0.518. The molecule has 0 saturated heterocycles. The Bertz CT molecular complexity index is 345. The predicted molar refractivity (Wildman–Crippen MR) is 79.4 cm³/mol. The molecule has 0 aliphatic heterocycles. The first-order valence-corrected chi connectivity index (χ1v) is 6.81. The minimum absolute atomic E-state index is 0.768. The van der Waals surface area contributed by atoms with Crippen molar-refractivity contribution in [3.05, 3.63) is 29.8 Å². The molecule has 0 aliphatic rings. The van der Waals surface area contributed by atoms with E-state index in [1.807, 2.05) is 18.2 Å². The highest BCUT2D eigenvalue weighted by Gasteiger charge is 2.05. The van der Waals surface area contributed by atoms with Crippen LogP contribution in [0.1, 0.15) is 12.0 Å². The zero-order chi connectivity index (χ0) is 13.9. The third kappa shape index (κ3) is 7.15. The fourth-order valence-corrected chi connectivity index (χ4v) is 2.02. The van der Waals surface area contributed by atoms with Crippen LogP contribution < -0.4 is 5.73 Å². The molecule has 0 saturated carbocycles. The van der Waals surface area contributed by atoms with Gasteiger partial charge in [-0.05, 0) is 30.5 Å². The smallest absolute Gasteiger partial charge is 0.0589 e. The summed E-state index contributed by atoms with van der Waals surface area (Å²) in [6.07, 6.45) is 2.07. The number of hydrogen-bond acceptors (Lipinski definition) is 4. The van der Waals surface area contributed by atoms with Gasteiger partial charge in [-0.25, -0.2) is 0 Å². The van der Waals surface area contributed by atoms with Gasteiger partial charge < -0.3 is 20.1 Å². The summed E-state index contributed by atoms with van der Waals surface area (Å²) < 4.78 is 10.3. The fourth-order valence-electron chi connectivity index (χ4n) is 2.02. The lowest BCUT2D eigenvalue weighted by Gasteiger charge is -2.21. The van der Waals surface area contributed by atoms with Crippen LogP contribution >= 0.6 is 0 Å². The molecule has 19 heavy (non-hydrogen) atoms. The van der Waals surface area contributed by atoms with Crippen molar-refractivity contribution in [2.24, 2.45) is 0 Å². The van der Waals surface area contributed by atoms with Crippen molar-refractivity contribution in [1.29, 1.82) is 0 Å². The Labute approximate surface area is 116 Å². The number of methoxy groups -OCH3 is 2. The molecule has 1 rings (SSSR count). The summed E-state index contributed by atoms with van der Waals surface area (Å²) in [5.74, 6) is 0. The van der Waals surface area contributed by atoms with E-state index >= 15 is 0 Å². The van der Waals surface area contributed by atoms with Gasteiger partial charge in [0.1, 0.15) is 0 Å². The summed E-state index contributed by atoms with van der Waals surface area (Å²) in [7, 11) is 3.48. The zero-order valence-corrected chi connectivity index (χ0v) is 12.1. The van der Waals surface area contributed by atoms with Gasteiger partial charge in [0.25, 0.3) is 0 Å². The van der Waals surface area contributed by atoms with Crippen LogP contribution in [0.15, 0.2) is 24.3 Å². The maximum Gasteiger partial charge on any atom is 0.0589 e. The summed E-state index contributed by atoms with van der Waals surface area (Å²) in [6, 6.07) is 8.10. The summed E-state index contributed by atoms with van der Waals surface area (Å²) in [6.45, 7) is 4.60. The lowest BCUT2D eigenvalue weighted by atomic mass is 10.1. The van der Waals surface area contributed by atoms with E-state index in [0.29, 0.717) is 0 Å². The number of benzene rings is 1. The van der Waals surface area contributed by atoms with Gasteiger partial charge >= 0.3 is 0 Å². The number of nitrogens with two attached hydrogens (primary N) is 1. The summed E-state index contributed by atoms with van der Waals surface area (Å²) >= 11 is 0. The third-order valence-corrected chi connectivity index (χ3v) is 3.10. The van der Waals surface area contributed by atoms with E-state index in [9.17, 15) is 0 Å². The molecule has 0 aromatic heterocycles. The van der Waals surface area contributed by atoms with Gasteiger partial charge in [0, 0.05) is 46.1 Å². The van der Waals surface area contributed by atoms with Gasteiger partial charge in [-0.15, -0.1) is 0 Å². The number of anilines is 1. The minimum Gasteiger partial charge on any atom is -0.399 e. The number of nitrogens with zero attached hydrogens (tertiary/aromatic N) is 1. The highest BCUT2D eigenvalue weighted by Crippen LogP contribution is 2.08. The Hall–Kier alpha value is -1.10. The Morgan fingerprint density at radius 2 is 1.84 bits per heavy atom. The van der Waals surface area contributed by atoms with E-state index in [2.05, 4.69) is 11.0 Å². The maximum atomic E-state index is 5.79. The molecule has 0 amide bonds. The van der Waals surface area contributed by atoms with Crippen LogP contribution in [0.5, 0.6) is 0 Å². The van der Waals surface area contributed by atoms with Crippen molar-refractivity contribution in [1.82, 2.24) is 4.90 Å². The SMILES string of the molecule is COCCCN(CCOC)CCc1cccc(N)c1. The second-order valence-corrected chi connectivity index (χ2v) is 4.68. The van der Waals surface area contributed by atoms with Gasteiger partial charge in [-0.1, -0.05) is 12.1 Å². The van der Waals surface area contributed by atoms with Crippen LogP contribution in [0.2, 0.25) is 0 Å². The molecule has 0 unspecified atom stereocenters. The molecule has 0 heterocycles. The molecule has 0 fully saturated rings. The molecule has 4 heteroatoms. The molecule has 1 aromatic rings. The van der Waals surface area contributed by atoms with E-state index in [1.165, 1.54) is 5.56 Å². The van der Waals surface area contributed by atoms with E-state index in [4.69, 9.17) is 15.2 Å². The second kappa shape index (κ2) is 9.78. The number of ether oxygens (including phenoxy) is 2. The summed E-state index contributed by atoms with van der Waals surface area (Å²) in [5, 5.41) is 0.